The maximum atomic E-state index is 12.2. The van der Waals surface area contributed by atoms with Crippen molar-refractivity contribution in [1.29, 1.82) is 0 Å². The molecule has 0 saturated carbocycles. The molecular formula is C9H18N2O4S. The molecule has 0 aromatic rings. The van der Waals surface area contributed by atoms with E-state index in [0.717, 1.165) is 12.8 Å². The maximum absolute atomic E-state index is 12.2. The molecule has 94 valence electrons. The van der Waals surface area contributed by atoms with E-state index in [2.05, 4.69) is 0 Å². The summed E-state index contributed by atoms with van der Waals surface area (Å²) in [6, 6.07) is -0.243. The van der Waals surface area contributed by atoms with Gasteiger partial charge in [0.15, 0.2) is 0 Å². The van der Waals surface area contributed by atoms with E-state index in [1.165, 1.54) is 8.61 Å². The van der Waals surface area contributed by atoms with Crippen LogP contribution in [0.2, 0.25) is 0 Å². The molecule has 2 saturated heterocycles. The molecule has 2 aliphatic heterocycles. The molecule has 0 aliphatic carbocycles. The second-order valence-corrected chi connectivity index (χ2v) is 5.99. The van der Waals surface area contributed by atoms with Gasteiger partial charge in [0.1, 0.15) is 0 Å². The molecule has 2 aliphatic rings. The van der Waals surface area contributed by atoms with Gasteiger partial charge in [-0.2, -0.15) is 17.0 Å². The molecule has 1 N–H and O–H groups in total. The first-order valence-electron chi connectivity index (χ1n) is 5.62. The van der Waals surface area contributed by atoms with Gasteiger partial charge in [-0.15, -0.1) is 0 Å². The number of aliphatic hydroxyl groups is 1. The molecule has 1 unspecified atom stereocenters. The molecule has 2 fully saturated rings. The monoisotopic (exact) mass is 250 g/mol. The number of nitrogens with zero attached hydrogens (tertiary/aromatic N) is 2. The molecule has 0 amide bonds. The van der Waals surface area contributed by atoms with Crippen LogP contribution < -0.4 is 0 Å². The second-order valence-electron chi connectivity index (χ2n) is 4.11. The third-order valence-corrected chi connectivity index (χ3v) is 5.22. The van der Waals surface area contributed by atoms with E-state index in [1.807, 2.05) is 0 Å². The van der Waals surface area contributed by atoms with Crippen LogP contribution >= 0.6 is 0 Å². The Hall–Kier alpha value is -0.210. The topological polar surface area (TPSA) is 70.1 Å². The first-order valence-corrected chi connectivity index (χ1v) is 7.01. The van der Waals surface area contributed by atoms with Crippen molar-refractivity contribution in [3.8, 4) is 0 Å². The first-order chi connectivity index (χ1) is 7.66. The summed E-state index contributed by atoms with van der Waals surface area (Å²) >= 11 is 0. The Labute approximate surface area is 96.0 Å². The van der Waals surface area contributed by atoms with Crippen LogP contribution in [0.3, 0.4) is 0 Å². The van der Waals surface area contributed by atoms with E-state index in [4.69, 9.17) is 9.84 Å². The Morgan fingerprint density at radius 2 is 1.94 bits per heavy atom. The Morgan fingerprint density at radius 3 is 2.56 bits per heavy atom. The third-order valence-electron chi connectivity index (χ3n) is 3.13. The van der Waals surface area contributed by atoms with Gasteiger partial charge in [0, 0.05) is 25.7 Å². The van der Waals surface area contributed by atoms with Crippen molar-refractivity contribution >= 4 is 10.2 Å². The fourth-order valence-corrected chi connectivity index (χ4v) is 4.04. The summed E-state index contributed by atoms with van der Waals surface area (Å²) in [7, 11) is -3.40. The summed E-state index contributed by atoms with van der Waals surface area (Å²) in [4.78, 5) is 0. The quantitative estimate of drug-likeness (QED) is 0.699. The van der Waals surface area contributed by atoms with Crippen LogP contribution in [0.1, 0.15) is 12.8 Å². The van der Waals surface area contributed by atoms with Crippen LogP contribution in [-0.2, 0) is 14.9 Å². The summed E-state index contributed by atoms with van der Waals surface area (Å²) in [5.74, 6) is 0. The maximum Gasteiger partial charge on any atom is 0.282 e. The molecular weight excluding hydrogens is 232 g/mol. The summed E-state index contributed by atoms with van der Waals surface area (Å²) in [6.07, 6.45) is 1.58. The van der Waals surface area contributed by atoms with E-state index in [1.54, 1.807) is 0 Å². The van der Waals surface area contributed by atoms with Gasteiger partial charge < -0.3 is 9.84 Å². The number of hydrogen-bond acceptors (Lipinski definition) is 4. The lowest BCUT2D eigenvalue weighted by molar-refractivity contribution is 0.0691. The zero-order chi connectivity index (χ0) is 11.6. The normalized spacial score (nSPS) is 29.7. The van der Waals surface area contributed by atoms with Gasteiger partial charge in [-0.25, -0.2) is 0 Å². The van der Waals surface area contributed by atoms with Gasteiger partial charge in [-0.05, 0) is 12.8 Å². The molecule has 0 aromatic carbocycles. The van der Waals surface area contributed by atoms with Crippen molar-refractivity contribution in [2.75, 3.05) is 39.5 Å². The van der Waals surface area contributed by atoms with Gasteiger partial charge in [0.2, 0.25) is 0 Å². The Morgan fingerprint density at radius 1 is 1.25 bits per heavy atom. The van der Waals surface area contributed by atoms with Crippen molar-refractivity contribution in [1.82, 2.24) is 8.61 Å². The van der Waals surface area contributed by atoms with E-state index < -0.39 is 10.2 Å². The summed E-state index contributed by atoms with van der Waals surface area (Å²) in [5.41, 5.74) is 0. The van der Waals surface area contributed by atoms with E-state index >= 15 is 0 Å². The van der Waals surface area contributed by atoms with Crippen LogP contribution in [0.5, 0.6) is 0 Å². The highest BCUT2D eigenvalue weighted by Gasteiger charge is 2.38. The van der Waals surface area contributed by atoms with E-state index in [-0.39, 0.29) is 12.6 Å². The smallest absolute Gasteiger partial charge is 0.282 e. The molecule has 0 aromatic heterocycles. The van der Waals surface area contributed by atoms with Crippen molar-refractivity contribution < 1.29 is 18.3 Å². The molecule has 7 heteroatoms. The predicted molar refractivity (Wildman–Crippen MR) is 58.1 cm³/mol. The van der Waals surface area contributed by atoms with Gasteiger partial charge in [-0.3, -0.25) is 0 Å². The van der Waals surface area contributed by atoms with Gasteiger partial charge in [0.05, 0.1) is 19.8 Å². The van der Waals surface area contributed by atoms with Crippen LogP contribution in [0, 0.1) is 0 Å². The molecule has 0 radical (unpaired) electrons. The van der Waals surface area contributed by atoms with Crippen molar-refractivity contribution in [2.45, 2.75) is 18.9 Å². The molecule has 1 atom stereocenters. The largest absolute Gasteiger partial charge is 0.395 e. The Bertz CT molecular complexity index is 326. The first kappa shape index (κ1) is 12.3. The molecule has 0 bridgehead atoms. The molecule has 16 heavy (non-hydrogen) atoms. The Balaban J connectivity index is 2.11. The molecule has 2 heterocycles. The van der Waals surface area contributed by atoms with Crippen LogP contribution in [0.25, 0.3) is 0 Å². The van der Waals surface area contributed by atoms with Crippen LogP contribution in [0.4, 0.5) is 0 Å². The fraction of sp³-hybridized carbons (Fsp3) is 1.00. The number of aliphatic hydroxyl groups excluding tert-OH is 1. The molecule has 2 rings (SSSR count). The van der Waals surface area contributed by atoms with Crippen molar-refractivity contribution in [3.05, 3.63) is 0 Å². The number of hydrogen-bond donors (Lipinski definition) is 1. The highest BCUT2D eigenvalue weighted by molar-refractivity contribution is 7.86. The fourth-order valence-electron chi connectivity index (χ4n) is 2.22. The van der Waals surface area contributed by atoms with Crippen molar-refractivity contribution in [3.63, 3.8) is 0 Å². The number of morpholine rings is 1. The van der Waals surface area contributed by atoms with Gasteiger partial charge in [0.25, 0.3) is 10.2 Å². The zero-order valence-electron chi connectivity index (χ0n) is 9.21. The number of rotatable bonds is 3. The van der Waals surface area contributed by atoms with Gasteiger partial charge >= 0.3 is 0 Å². The van der Waals surface area contributed by atoms with Crippen LogP contribution in [-0.4, -0.2) is 67.6 Å². The summed E-state index contributed by atoms with van der Waals surface area (Å²) < 4.78 is 32.5. The lowest BCUT2D eigenvalue weighted by Gasteiger charge is -2.32. The lowest BCUT2D eigenvalue weighted by Crippen LogP contribution is -2.50. The lowest BCUT2D eigenvalue weighted by atomic mass is 10.2. The minimum Gasteiger partial charge on any atom is -0.395 e. The minimum absolute atomic E-state index is 0.0937. The third kappa shape index (κ3) is 2.23. The highest BCUT2D eigenvalue weighted by atomic mass is 32.2. The van der Waals surface area contributed by atoms with Crippen LogP contribution in [0.15, 0.2) is 0 Å². The minimum atomic E-state index is -3.40. The average Bonchev–Trinajstić information content (AvgIpc) is 2.79. The van der Waals surface area contributed by atoms with Gasteiger partial charge in [-0.1, -0.05) is 0 Å². The second kappa shape index (κ2) is 4.97. The standard InChI is InChI=1S/C9H18N2O4S/c12-8-9-2-1-3-11(9)16(13,14)10-4-6-15-7-5-10/h9,12H,1-8H2. The van der Waals surface area contributed by atoms with E-state index in [9.17, 15) is 8.42 Å². The Kier molecular flexibility index (Phi) is 3.81. The van der Waals surface area contributed by atoms with Crippen molar-refractivity contribution in [2.24, 2.45) is 0 Å². The average molecular weight is 250 g/mol. The molecule has 6 nitrogen and oxygen atoms in total. The number of ether oxygens (including phenoxy) is 1. The highest BCUT2D eigenvalue weighted by Crippen LogP contribution is 2.23. The molecule has 0 spiro atoms. The summed E-state index contributed by atoms with van der Waals surface area (Å²) in [5, 5.41) is 9.15. The predicted octanol–water partition coefficient (Wildman–Crippen LogP) is -0.980. The van der Waals surface area contributed by atoms with E-state index in [0.29, 0.717) is 32.8 Å². The zero-order valence-corrected chi connectivity index (χ0v) is 10.0. The summed E-state index contributed by atoms with van der Waals surface area (Å²) in [6.45, 7) is 2.16. The SMILES string of the molecule is O=S(=O)(N1CCOCC1)N1CCCC1CO.